The molecule has 0 aromatic carbocycles. The molecular formula is C12H18N2O. The van der Waals surface area contributed by atoms with Crippen molar-refractivity contribution < 1.29 is 4.74 Å². The van der Waals surface area contributed by atoms with Crippen molar-refractivity contribution in [3.63, 3.8) is 0 Å². The lowest BCUT2D eigenvalue weighted by molar-refractivity contribution is 0.303. The molecule has 1 unspecified atom stereocenters. The maximum atomic E-state index is 5.54. The zero-order chi connectivity index (χ0) is 10.7. The Morgan fingerprint density at radius 2 is 2.40 bits per heavy atom. The molecule has 1 aliphatic rings. The number of rotatable bonds is 3. The van der Waals surface area contributed by atoms with E-state index in [1.165, 1.54) is 11.3 Å². The first-order chi connectivity index (χ1) is 7.31. The molecule has 0 bridgehead atoms. The first-order valence-corrected chi connectivity index (χ1v) is 5.64. The Labute approximate surface area is 90.9 Å². The minimum atomic E-state index is 0.485. The van der Waals surface area contributed by atoms with Gasteiger partial charge < -0.3 is 10.1 Å². The number of nitrogens with one attached hydrogen (secondary N) is 1. The van der Waals surface area contributed by atoms with E-state index in [4.69, 9.17) is 4.74 Å². The van der Waals surface area contributed by atoms with Gasteiger partial charge in [-0.3, -0.25) is 0 Å². The highest BCUT2D eigenvalue weighted by molar-refractivity contribution is 5.30. The second-order valence-corrected chi connectivity index (χ2v) is 4.07. The predicted octanol–water partition coefficient (Wildman–Crippen LogP) is 2.08. The molecule has 82 valence electrons. The number of pyridine rings is 1. The Kier molecular flexibility index (Phi) is 3.21. The molecule has 3 nitrogen and oxygen atoms in total. The summed E-state index contributed by atoms with van der Waals surface area (Å²) in [6.45, 7) is 6.99. The fraction of sp³-hybridized carbons (Fsp3) is 0.583. The second kappa shape index (κ2) is 4.62. The van der Waals surface area contributed by atoms with Crippen LogP contribution in [0.3, 0.4) is 0 Å². The largest absolute Gasteiger partial charge is 0.478 e. The van der Waals surface area contributed by atoms with Crippen molar-refractivity contribution in [2.75, 3.05) is 13.2 Å². The maximum Gasteiger partial charge on any atom is 0.213 e. The normalized spacial score (nSPS) is 19.7. The SMILES string of the molecule is CCCOc1ccc2c(n1)C(C)CNC2. The van der Waals surface area contributed by atoms with Gasteiger partial charge in [0.2, 0.25) is 5.88 Å². The van der Waals surface area contributed by atoms with Gasteiger partial charge in [-0.25, -0.2) is 4.98 Å². The van der Waals surface area contributed by atoms with Crippen LogP contribution in [0.1, 0.15) is 37.4 Å². The van der Waals surface area contributed by atoms with E-state index in [0.29, 0.717) is 5.92 Å². The quantitative estimate of drug-likeness (QED) is 0.822. The predicted molar refractivity (Wildman–Crippen MR) is 60.1 cm³/mol. The zero-order valence-electron chi connectivity index (χ0n) is 9.42. The molecule has 0 fully saturated rings. The number of fused-ring (bicyclic) bond motifs is 1. The highest BCUT2D eigenvalue weighted by Gasteiger charge is 2.17. The Bertz CT molecular complexity index is 338. The summed E-state index contributed by atoms with van der Waals surface area (Å²) in [6, 6.07) is 4.09. The summed E-state index contributed by atoms with van der Waals surface area (Å²) < 4.78 is 5.54. The summed E-state index contributed by atoms with van der Waals surface area (Å²) >= 11 is 0. The fourth-order valence-electron chi connectivity index (χ4n) is 1.87. The summed E-state index contributed by atoms with van der Waals surface area (Å²) in [5.74, 6) is 1.25. The van der Waals surface area contributed by atoms with Crippen molar-refractivity contribution in [3.8, 4) is 5.88 Å². The van der Waals surface area contributed by atoms with Crippen molar-refractivity contribution in [1.29, 1.82) is 0 Å². The van der Waals surface area contributed by atoms with Crippen molar-refractivity contribution in [2.45, 2.75) is 32.7 Å². The van der Waals surface area contributed by atoms with Gasteiger partial charge in [0.05, 0.1) is 12.3 Å². The Hall–Kier alpha value is -1.09. The van der Waals surface area contributed by atoms with Gasteiger partial charge in [-0.1, -0.05) is 19.9 Å². The van der Waals surface area contributed by atoms with Crippen molar-refractivity contribution >= 4 is 0 Å². The standard InChI is InChI=1S/C12H18N2O/c1-3-6-15-11-5-4-10-8-13-7-9(2)12(10)14-11/h4-5,9,13H,3,6-8H2,1-2H3. The van der Waals surface area contributed by atoms with E-state index in [1.807, 2.05) is 6.07 Å². The molecule has 0 aliphatic carbocycles. The lowest BCUT2D eigenvalue weighted by Gasteiger charge is -2.22. The lowest BCUT2D eigenvalue weighted by atomic mass is 9.98. The van der Waals surface area contributed by atoms with Crippen LogP contribution in [0.15, 0.2) is 12.1 Å². The molecule has 3 heteroatoms. The summed E-state index contributed by atoms with van der Waals surface area (Å²) in [5.41, 5.74) is 2.50. The highest BCUT2D eigenvalue weighted by Crippen LogP contribution is 2.23. The molecule has 1 atom stereocenters. The lowest BCUT2D eigenvalue weighted by Crippen LogP contribution is -2.27. The van der Waals surface area contributed by atoms with E-state index < -0.39 is 0 Å². The molecule has 0 spiro atoms. The zero-order valence-corrected chi connectivity index (χ0v) is 9.42. The van der Waals surface area contributed by atoms with E-state index >= 15 is 0 Å². The minimum absolute atomic E-state index is 0.485. The molecule has 1 aromatic heterocycles. The Morgan fingerprint density at radius 1 is 1.53 bits per heavy atom. The molecule has 1 aliphatic heterocycles. The number of aromatic nitrogens is 1. The third-order valence-corrected chi connectivity index (χ3v) is 2.67. The number of nitrogens with zero attached hydrogens (tertiary/aromatic N) is 1. The van der Waals surface area contributed by atoms with Gasteiger partial charge in [-0.15, -0.1) is 0 Å². The number of hydrogen-bond acceptors (Lipinski definition) is 3. The molecule has 1 aromatic rings. The van der Waals surface area contributed by atoms with Gasteiger partial charge in [-0.05, 0) is 12.0 Å². The van der Waals surface area contributed by atoms with Gasteiger partial charge >= 0.3 is 0 Å². The van der Waals surface area contributed by atoms with E-state index in [2.05, 4.69) is 30.2 Å². The average molecular weight is 206 g/mol. The van der Waals surface area contributed by atoms with Crippen LogP contribution in [-0.2, 0) is 6.54 Å². The van der Waals surface area contributed by atoms with Gasteiger partial charge in [0.25, 0.3) is 0 Å². The molecule has 0 saturated carbocycles. The first-order valence-electron chi connectivity index (χ1n) is 5.64. The second-order valence-electron chi connectivity index (χ2n) is 4.07. The van der Waals surface area contributed by atoms with Gasteiger partial charge in [-0.2, -0.15) is 0 Å². The number of ether oxygens (including phenoxy) is 1. The molecule has 0 saturated heterocycles. The average Bonchev–Trinajstić information content (AvgIpc) is 2.27. The smallest absolute Gasteiger partial charge is 0.213 e. The van der Waals surface area contributed by atoms with Crippen LogP contribution in [0.4, 0.5) is 0 Å². The first kappa shape index (κ1) is 10.4. The van der Waals surface area contributed by atoms with Gasteiger partial charge in [0.1, 0.15) is 0 Å². The van der Waals surface area contributed by atoms with Crippen LogP contribution in [0.5, 0.6) is 5.88 Å². The fourth-order valence-corrected chi connectivity index (χ4v) is 1.87. The van der Waals surface area contributed by atoms with Crippen LogP contribution in [0.2, 0.25) is 0 Å². The van der Waals surface area contributed by atoms with E-state index in [1.54, 1.807) is 0 Å². The number of hydrogen-bond donors (Lipinski definition) is 1. The summed E-state index contributed by atoms with van der Waals surface area (Å²) in [5, 5.41) is 3.37. The molecule has 1 N–H and O–H groups in total. The Balaban J connectivity index is 2.19. The van der Waals surface area contributed by atoms with Crippen molar-refractivity contribution in [1.82, 2.24) is 10.3 Å². The van der Waals surface area contributed by atoms with Crippen LogP contribution in [0.25, 0.3) is 0 Å². The van der Waals surface area contributed by atoms with E-state index in [-0.39, 0.29) is 0 Å². The van der Waals surface area contributed by atoms with E-state index in [0.717, 1.165) is 32.0 Å². The third kappa shape index (κ3) is 2.29. The molecule has 0 radical (unpaired) electrons. The monoisotopic (exact) mass is 206 g/mol. The molecule has 2 heterocycles. The molecular weight excluding hydrogens is 188 g/mol. The Morgan fingerprint density at radius 3 is 3.20 bits per heavy atom. The molecule has 15 heavy (non-hydrogen) atoms. The van der Waals surface area contributed by atoms with Gasteiger partial charge in [0, 0.05) is 25.1 Å². The topological polar surface area (TPSA) is 34.1 Å². The van der Waals surface area contributed by atoms with Crippen molar-refractivity contribution in [2.24, 2.45) is 0 Å². The summed E-state index contributed by atoms with van der Waals surface area (Å²) in [4.78, 5) is 4.57. The summed E-state index contributed by atoms with van der Waals surface area (Å²) in [7, 11) is 0. The highest BCUT2D eigenvalue weighted by atomic mass is 16.5. The van der Waals surface area contributed by atoms with Gasteiger partial charge in [0.15, 0.2) is 0 Å². The van der Waals surface area contributed by atoms with Crippen LogP contribution >= 0.6 is 0 Å². The van der Waals surface area contributed by atoms with Crippen LogP contribution < -0.4 is 10.1 Å². The third-order valence-electron chi connectivity index (χ3n) is 2.67. The molecule has 0 amide bonds. The van der Waals surface area contributed by atoms with Crippen molar-refractivity contribution in [3.05, 3.63) is 23.4 Å². The van der Waals surface area contributed by atoms with Crippen LogP contribution in [0, 0.1) is 0 Å². The van der Waals surface area contributed by atoms with E-state index in [9.17, 15) is 0 Å². The maximum absolute atomic E-state index is 5.54. The van der Waals surface area contributed by atoms with Crippen LogP contribution in [-0.4, -0.2) is 18.1 Å². The summed E-state index contributed by atoms with van der Waals surface area (Å²) in [6.07, 6.45) is 1.02. The minimum Gasteiger partial charge on any atom is -0.478 e. The molecule has 2 rings (SSSR count).